The lowest BCUT2D eigenvalue weighted by molar-refractivity contribution is -0.140. The molecule has 13 nitrogen and oxygen atoms in total. The van der Waals surface area contributed by atoms with Gasteiger partial charge >= 0.3 is 11.9 Å². The first-order valence-corrected chi connectivity index (χ1v) is 9.92. The molecule has 2 heterocycles. The Hall–Kier alpha value is -4.42. The monoisotopic (exact) mass is 457 g/mol. The summed E-state index contributed by atoms with van der Waals surface area (Å²) in [7, 11) is 1.74. The van der Waals surface area contributed by atoms with Gasteiger partial charge in [-0.3, -0.25) is 19.4 Å². The SMILES string of the molecule is CN1c2c(nc(N)[nH]c2=O)N=CC1CNc1ccc(C(=O)NC(CCC(=O)O)C(=O)O)cc1. The molecule has 0 radical (unpaired) electrons. The van der Waals surface area contributed by atoms with Gasteiger partial charge in [0.25, 0.3) is 11.5 Å². The van der Waals surface area contributed by atoms with Crippen molar-refractivity contribution in [1.82, 2.24) is 15.3 Å². The average molecular weight is 457 g/mol. The molecule has 0 saturated heterocycles. The van der Waals surface area contributed by atoms with Crippen LogP contribution in [0.3, 0.4) is 0 Å². The van der Waals surface area contributed by atoms with Gasteiger partial charge in [-0.25, -0.2) is 9.79 Å². The van der Waals surface area contributed by atoms with Crippen molar-refractivity contribution in [2.45, 2.75) is 24.9 Å². The van der Waals surface area contributed by atoms with E-state index in [0.717, 1.165) is 0 Å². The molecule has 1 amide bonds. The number of aromatic nitrogens is 2. The van der Waals surface area contributed by atoms with Gasteiger partial charge in [-0.05, 0) is 30.7 Å². The van der Waals surface area contributed by atoms with E-state index in [1.54, 1.807) is 30.3 Å². The zero-order valence-electron chi connectivity index (χ0n) is 17.6. The molecule has 0 aliphatic carbocycles. The second-order valence-corrected chi connectivity index (χ2v) is 7.33. The number of carboxylic acid groups (broad SMARTS) is 2. The second-order valence-electron chi connectivity index (χ2n) is 7.33. The summed E-state index contributed by atoms with van der Waals surface area (Å²) in [6, 6.07) is 4.76. The summed E-state index contributed by atoms with van der Waals surface area (Å²) in [5.74, 6) is -2.84. The van der Waals surface area contributed by atoms with Crippen LogP contribution in [0.5, 0.6) is 0 Å². The van der Waals surface area contributed by atoms with Crippen molar-refractivity contribution in [2.24, 2.45) is 4.99 Å². The summed E-state index contributed by atoms with van der Waals surface area (Å²) < 4.78 is 0. The van der Waals surface area contributed by atoms with Crippen LogP contribution in [-0.4, -0.2) is 69.9 Å². The number of fused-ring (bicyclic) bond motifs is 1. The van der Waals surface area contributed by atoms with Gasteiger partial charge in [0.1, 0.15) is 11.7 Å². The first kappa shape index (κ1) is 23.2. The zero-order valence-corrected chi connectivity index (χ0v) is 17.6. The fourth-order valence-corrected chi connectivity index (χ4v) is 3.22. The molecule has 13 heteroatoms. The summed E-state index contributed by atoms with van der Waals surface area (Å²) in [6.45, 7) is 0.394. The number of hydrogen-bond donors (Lipinski definition) is 6. The molecule has 2 aromatic rings. The molecule has 1 aliphatic heterocycles. The Morgan fingerprint density at radius 1 is 1.24 bits per heavy atom. The Balaban J connectivity index is 1.60. The third-order valence-electron chi connectivity index (χ3n) is 5.03. The second kappa shape index (κ2) is 9.80. The van der Waals surface area contributed by atoms with Crippen molar-refractivity contribution in [3.05, 3.63) is 40.2 Å². The number of aliphatic imine (C=N–C) groups is 1. The number of rotatable bonds is 9. The van der Waals surface area contributed by atoms with Crippen LogP contribution < -0.4 is 26.8 Å². The summed E-state index contributed by atoms with van der Waals surface area (Å²) in [5, 5.41) is 23.4. The Bertz CT molecular complexity index is 1140. The lowest BCUT2D eigenvalue weighted by atomic mass is 10.1. The number of likely N-dealkylation sites (N-methyl/N-ethyl adjacent to an activating group) is 1. The quantitative estimate of drug-likeness (QED) is 0.298. The van der Waals surface area contributed by atoms with Gasteiger partial charge in [0.05, 0.1) is 6.04 Å². The molecule has 33 heavy (non-hydrogen) atoms. The summed E-state index contributed by atoms with van der Waals surface area (Å²) in [5.41, 5.74) is 6.37. The van der Waals surface area contributed by atoms with E-state index in [-0.39, 0.29) is 41.8 Å². The van der Waals surface area contributed by atoms with Crippen LogP contribution in [-0.2, 0) is 9.59 Å². The van der Waals surface area contributed by atoms with E-state index in [2.05, 4.69) is 25.6 Å². The number of nitrogens with zero attached hydrogens (tertiary/aromatic N) is 3. The first-order chi connectivity index (χ1) is 15.7. The molecule has 0 spiro atoms. The summed E-state index contributed by atoms with van der Waals surface area (Å²) in [4.78, 5) is 58.8. The molecule has 1 aromatic heterocycles. The average Bonchev–Trinajstić information content (AvgIpc) is 2.75. The number of carbonyl (C=O) groups is 3. The van der Waals surface area contributed by atoms with Gasteiger partial charge in [0.15, 0.2) is 5.82 Å². The number of carboxylic acids is 2. The highest BCUT2D eigenvalue weighted by Crippen LogP contribution is 2.26. The van der Waals surface area contributed by atoms with Crippen molar-refractivity contribution in [1.29, 1.82) is 0 Å². The molecule has 7 N–H and O–H groups in total. The predicted molar refractivity (Wildman–Crippen MR) is 120 cm³/mol. The van der Waals surface area contributed by atoms with Crippen molar-refractivity contribution in [3.8, 4) is 0 Å². The zero-order chi connectivity index (χ0) is 24.1. The maximum Gasteiger partial charge on any atom is 0.326 e. The molecule has 0 saturated carbocycles. The van der Waals surface area contributed by atoms with E-state index in [1.165, 1.54) is 12.1 Å². The van der Waals surface area contributed by atoms with Gasteiger partial charge in [0.2, 0.25) is 5.95 Å². The van der Waals surface area contributed by atoms with Crippen molar-refractivity contribution in [3.63, 3.8) is 0 Å². The smallest absolute Gasteiger partial charge is 0.326 e. The van der Waals surface area contributed by atoms with Gasteiger partial charge in [-0.15, -0.1) is 0 Å². The first-order valence-electron chi connectivity index (χ1n) is 9.92. The molecule has 1 aromatic carbocycles. The maximum absolute atomic E-state index is 12.3. The maximum atomic E-state index is 12.3. The third-order valence-corrected chi connectivity index (χ3v) is 5.03. The molecular formula is C20H23N7O6. The number of nitrogens with one attached hydrogen (secondary N) is 3. The van der Waals surface area contributed by atoms with E-state index in [9.17, 15) is 19.2 Å². The third kappa shape index (κ3) is 5.64. The summed E-state index contributed by atoms with van der Waals surface area (Å²) in [6.07, 6.45) is 1.05. The molecule has 1 aliphatic rings. The number of nitrogen functional groups attached to an aromatic ring is 1. The van der Waals surface area contributed by atoms with Crippen LogP contribution in [0.15, 0.2) is 34.1 Å². The minimum atomic E-state index is -1.31. The van der Waals surface area contributed by atoms with Crippen molar-refractivity contribution in [2.75, 3.05) is 29.5 Å². The van der Waals surface area contributed by atoms with E-state index in [0.29, 0.717) is 17.9 Å². The fourth-order valence-electron chi connectivity index (χ4n) is 3.22. The highest BCUT2D eigenvalue weighted by atomic mass is 16.4. The van der Waals surface area contributed by atoms with Crippen LogP contribution in [0.4, 0.5) is 23.1 Å². The highest BCUT2D eigenvalue weighted by molar-refractivity contribution is 5.97. The number of aliphatic carboxylic acids is 2. The fraction of sp³-hybridized carbons (Fsp3) is 0.300. The number of nitrogens with two attached hydrogens (primary N) is 1. The number of anilines is 3. The molecule has 174 valence electrons. The Morgan fingerprint density at radius 3 is 2.58 bits per heavy atom. The van der Waals surface area contributed by atoms with Crippen LogP contribution >= 0.6 is 0 Å². The lowest BCUT2D eigenvalue weighted by Crippen LogP contribution is -2.43. The van der Waals surface area contributed by atoms with Gasteiger partial charge in [0, 0.05) is 37.5 Å². The molecular weight excluding hydrogens is 434 g/mol. The Morgan fingerprint density at radius 2 is 1.94 bits per heavy atom. The van der Waals surface area contributed by atoms with Crippen LogP contribution in [0.1, 0.15) is 23.2 Å². The number of aromatic amines is 1. The van der Waals surface area contributed by atoms with E-state index in [1.807, 2.05) is 0 Å². The molecule has 2 atom stereocenters. The molecule has 0 bridgehead atoms. The minimum absolute atomic E-state index is 0.0124. The van der Waals surface area contributed by atoms with Crippen molar-refractivity contribution >= 4 is 47.2 Å². The van der Waals surface area contributed by atoms with Gasteiger partial charge < -0.3 is 31.5 Å². The van der Waals surface area contributed by atoms with E-state index >= 15 is 0 Å². The highest BCUT2D eigenvalue weighted by Gasteiger charge is 2.25. The van der Waals surface area contributed by atoms with Gasteiger partial charge in [-0.2, -0.15) is 4.98 Å². The van der Waals surface area contributed by atoms with Crippen molar-refractivity contribution < 1.29 is 24.6 Å². The number of amides is 1. The van der Waals surface area contributed by atoms with Crippen LogP contribution in [0.2, 0.25) is 0 Å². The van der Waals surface area contributed by atoms with E-state index < -0.39 is 23.9 Å². The topological polar surface area (TPSA) is 203 Å². The number of hydrogen-bond acceptors (Lipinski definition) is 9. The summed E-state index contributed by atoms with van der Waals surface area (Å²) >= 11 is 0. The standard InChI is InChI=1S/C20H23N7O6/c1-27-12(9-23-16-15(27)18(31)26-20(21)25-16)8-22-11-4-2-10(3-5-11)17(30)24-13(19(32)33)6-7-14(28)29/h2-5,9,12-13,22H,6-8H2,1H3,(H,24,30)(H,28,29)(H,32,33)(H3,21,25,26,31). The molecule has 3 rings (SSSR count). The number of carbonyl (C=O) groups excluding carboxylic acids is 1. The van der Waals surface area contributed by atoms with E-state index in [4.69, 9.17) is 15.9 Å². The minimum Gasteiger partial charge on any atom is -0.481 e. The lowest BCUT2D eigenvalue weighted by Gasteiger charge is -2.30. The molecule has 2 unspecified atom stereocenters. The molecule has 0 fully saturated rings. The number of H-pyrrole nitrogens is 1. The van der Waals surface area contributed by atoms with Crippen LogP contribution in [0, 0.1) is 0 Å². The number of benzene rings is 1. The Kier molecular flexibility index (Phi) is 6.91. The predicted octanol–water partition coefficient (Wildman–Crippen LogP) is 0.0327. The van der Waals surface area contributed by atoms with Crippen LogP contribution in [0.25, 0.3) is 0 Å². The van der Waals surface area contributed by atoms with Gasteiger partial charge in [-0.1, -0.05) is 0 Å². The normalized spacial score (nSPS) is 15.4. The largest absolute Gasteiger partial charge is 0.481 e. The Labute approximate surface area is 187 Å².